The summed E-state index contributed by atoms with van der Waals surface area (Å²) >= 11 is 6.17. The fourth-order valence-corrected chi connectivity index (χ4v) is 4.38. The number of benzene rings is 2. The molecule has 0 spiro atoms. The Morgan fingerprint density at radius 3 is 2.29 bits per heavy atom. The van der Waals surface area contributed by atoms with E-state index in [-0.39, 0.29) is 30.2 Å². The maximum absolute atomic E-state index is 12.6. The minimum Gasteiger partial charge on any atom is -0.462 e. The Morgan fingerprint density at radius 2 is 1.63 bits per heavy atom. The number of carbonyl (C=O) groups is 2. The number of nitrogens with two attached hydrogens (primary N) is 1. The highest BCUT2D eigenvalue weighted by Gasteiger charge is 2.56. The van der Waals surface area contributed by atoms with Crippen LogP contribution in [0.2, 0.25) is 5.15 Å². The molecule has 178 valence electrons. The first-order chi connectivity index (χ1) is 16.9. The number of aromatic nitrogens is 4. The zero-order valence-corrected chi connectivity index (χ0v) is 19.4. The Hall–Kier alpha value is -3.98. The Morgan fingerprint density at radius 1 is 1.00 bits per heavy atom. The number of nitrogen functional groups attached to an aromatic ring is 1. The summed E-state index contributed by atoms with van der Waals surface area (Å²) < 4.78 is 13.1. The molecule has 0 radical (unpaired) electrons. The predicted molar refractivity (Wildman–Crippen MR) is 129 cm³/mol. The van der Waals surface area contributed by atoms with Crippen LogP contribution < -0.4 is 5.73 Å². The number of carbonyl (C=O) groups excluding carboxylic acids is 2. The van der Waals surface area contributed by atoms with E-state index < -0.39 is 17.4 Å². The van der Waals surface area contributed by atoms with Gasteiger partial charge in [-0.25, -0.2) is 14.6 Å². The molecule has 35 heavy (non-hydrogen) atoms. The third-order valence-electron chi connectivity index (χ3n) is 6.21. The molecule has 0 amide bonds. The van der Waals surface area contributed by atoms with Crippen LogP contribution >= 0.6 is 11.6 Å². The van der Waals surface area contributed by atoms with E-state index in [1.54, 1.807) is 54.9 Å². The largest absolute Gasteiger partial charge is 0.462 e. The van der Waals surface area contributed by atoms with Gasteiger partial charge in [-0.1, -0.05) is 48.0 Å². The van der Waals surface area contributed by atoms with E-state index in [9.17, 15) is 9.59 Å². The molecule has 1 aliphatic rings. The van der Waals surface area contributed by atoms with Gasteiger partial charge in [-0.2, -0.15) is 9.97 Å². The smallest absolute Gasteiger partial charge is 0.338 e. The van der Waals surface area contributed by atoms with Crippen molar-refractivity contribution in [1.82, 2.24) is 19.5 Å². The SMILES string of the molecule is Nc1nc(Cl)c2ncn(CC3(COC(=O)c4ccccc4)CC3COC(=O)c3ccccc3)c2n1. The van der Waals surface area contributed by atoms with Crippen molar-refractivity contribution in [2.45, 2.75) is 13.0 Å². The van der Waals surface area contributed by atoms with Gasteiger partial charge in [0.2, 0.25) is 5.95 Å². The van der Waals surface area contributed by atoms with E-state index in [1.165, 1.54) is 0 Å². The second-order valence-electron chi connectivity index (χ2n) is 8.59. The van der Waals surface area contributed by atoms with Gasteiger partial charge in [0.05, 0.1) is 30.7 Å². The van der Waals surface area contributed by atoms with Gasteiger partial charge in [-0.15, -0.1) is 0 Å². The van der Waals surface area contributed by atoms with Crippen LogP contribution in [0.4, 0.5) is 5.95 Å². The molecule has 1 saturated carbocycles. The van der Waals surface area contributed by atoms with Crippen LogP contribution in [-0.2, 0) is 16.0 Å². The summed E-state index contributed by atoms with van der Waals surface area (Å²) in [6, 6.07) is 17.6. The van der Waals surface area contributed by atoms with E-state index in [0.717, 1.165) is 0 Å². The number of ether oxygens (including phenoxy) is 2. The molecule has 2 aromatic heterocycles. The third-order valence-corrected chi connectivity index (χ3v) is 6.47. The number of hydrogen-bond acceptors (Lipinski definition) is 8. The van der Waals surface area contributed by atoms with Crippen LogP contribution in [0.1, 0.15) is 27.1 Å². The lowest BCUT2D eigenvalue weighted by Crippen LogP contribution is -2.24. The van der Waals surface area contributed by atoms with Crippen LogP contribution in [0.25, 0.3) is 11.2 Å². The molecule has 0 aliphatic heterocycles. The van der Waals surface area contributed by atoms with Crippen molar-refractivity contribution in [3.8, 4) is 0 Å². The molecule has 2 atom stereocenters. The molecule has 2 N–H and O–H groups in total. The third kappa shape index (κ3) is 4.81. The number of esters is 2. The molecule has 10 heteroatoms. The van der Waals surface area contributed by atoms with E-state index in [0.29, 0.717) is 35.3 Å². The molecule has 1 aliphatic carbocycles. The van der Waals surface area contributed by atoms with Crippen molar-refractivity contribution in [3.05, 3.63) is 83.3 Å². The zero-order valence-electron chi connectivity index (χ0n) is 18.6. The molecule has 0 saturated heterocycles. The van der Waals surface area contributed by atoms with Crippen molar-refractivity contribution in [3.63, 3.8) is 0 Å². The van der Waals surface area contributed by atoms with E-state index in [2.05, 4.69) is 15.0 Å². The average molecular weight is 492 g/mol. The second kappa shape index (κ2) is 9.34. The van der Waals surface area contributed by atoms with Gasteiger partial charge in [0.15, 0.2) is 10.8 Å². The summed E-state index contributed by atoms with van der Waals surface area (Å²) in [7, 11) is 0. The number of fused-ring (bicyclic) bond motifs is 1. The molecule has 2 heterocycles. The monoisotopic (exact) mass is 491 g/mol. The van der Waals surface area contributed by atoms with E-state index in [4.69, 9.17) is 26.8 Å². The number of hydrogen-bond donors (Lipinski definition) is 1. The number of rotatable bonds is 8. The van der Waals surface area contributed by atoms with Crippen molar-refractivity contribution in [1.29, 1.82) is 0 Å². The van der Waals surface area contributed by atoms with Crippen molar-refractivity contribution in [2.75, 3.05) is 18.9 Å². The summed E-state index contributed by atoms with van der Waals surface area (Å²) in [6.45, 7) is 0.759. The summed E-state index contributed by atoms with van der Waals surface area (Å²) in [5.74, 6) is -0.793. The first kappa shape index (κ1) is 22.8. The van der Waals surface area contributed by atoms with E-state index >= 15 is 0 Å². The topological polar surface area (TPSA) is 122 Å². The van der Waals surface area contributed by atoms with Crippen molar-refractivity contribution in [2.24, 2.45) is 11.3 Å². The lowest BCUT2D eigenvalue weighted by Gasteiger charge is -2.19. The van der Waals surface area contributed by atoms with Gasteiger partial charge >= 0.3 is 11.9 Å². The Labute approximate surface area is 205 Å². The number of imidazole rings is 1. The van der Waals surface area contributed by atoms with Gasteiger partial charge in [-0.3, -0.25) is 0 Å². The lowest BCUT2D eigenvalue weighted by atomic mass is 10.1. The molecule has 4 aromatic rings. The molecule has 2 aromatic carbocycles. The molecule has 5 rings (SSSR count). The van der Waals surface area contributed by atoms with Crippen LogP contribution in [0.5, 0.6) is 0 Å². The Bertz CT molecular complexity index is 1380. The van der Waals surface area contributed by atoms with E-state index in [1.807, 2.05) is 16.7 Å². The predicted octanol–water partition coefficient (Wildman–Crippen LogP) is 3.78. The highest BCUT2D eigenvalue weighted by molar-refractivity contribution is 6.33. The van der Waals surface area contributed by atoms with Gasteiger partial charge < -0.3 is 19.8 Å². The highest BCUT2D eigenvalue weighted by Crippen LogP contribution is 2.54. The quantitative estimate of drug-likeness (QED) is 0.292. The number of nitrogens with zero attached hydrogens (tertiary/aromatic N) is 4. The number of halogens is 1. The summed E-state index contributed by atoms with van der Waals surface area (Å²) in [5.41, 5.74) is 7.19. The Kier molecular flexibility index (Phi) is 6.08. The minimum absolute atomic E-state index is 0.0224. The van der Waals surface area contributed by atoms with Crippen LogP contribution in [0, 0.1) is 11.3 Å². The highest BCUT2D eigenvalue weighted by atomic mass is 35.5. The first-order valence-corrected chi connectivity index (χ1v) is 11.4. The fourth-order valence-electron chi connectivity index (χ4n) is 4.16. The maximum atomic E-state index is 12.6. The molecule has 9 nitrogen and oxygen atoms in total. The fraction of sp³-hybridized carbons (Fsp3) is 0.240. The summed E-state index contributed by atoms with van der Waals surface area (Å²) in [5, 5.41) is 0.167. The molecule has 2 unspecified atom stereocenters. The van der Waals surface area contributed by atoms with Crippen LogP contribution in [0.15, 0.2) is 67.0 Å². The lowest BCUT2D eigenvalue weighted by molar-refractivity contribution is 0.0317. The first-order valence-electron chi connectivity index (χ1n) is 11.0. The van der Waals surface area contributed by atoms with Gasteiger partial charge in [-0.05, 0) is 30.7 Å². The second-order valence-corrected chi connectivity index (χ2v) is 8.95. The molecular formula is C25H22ClN5O4. The normalized spacial score (nSPS) is 18.8. The maximum Gasteiger partial charge on any atom is 0.338 e. The molecule has 1 fully saturated rings. The van der Waals surface area contributed by atoms with Crippen LogP contribution in [0.3, 0.4) is 0 Å². The Balaban J connectivity index is 1.34. The van der Waals surface area contributed by atoms with Crippen LogP contribution in [-0.4, -0.2) is 44.7 Å². The van der Waals surface area contributed by atoms with Crippen molar-refractivity contribution < 1.29 is 19.1 Å². The molecular weight excluding hydrogens is 470 g/mol. The van der Waals surface area contributed by atoms with Gasteiger partial charge in [0, 0.05) is 17.9 Å². The zero-order chi connectivity index (χ0) is 24.4. The summed E-state index contributed by atoms with van der Waals surface area (Å²) in [6.07, 6.45) is 2.29. The standard InChI is InChI=1S/C25H22ClN5O4/c26-20-19-21(30-24(27)29-20)31(15-28-19)13-25(14-35-23(33)17-9-5-2-6-10-17)11-18(25)12-34-22(32)16-7-3-1-4-8-16/h1-10,15,18H,11-14H2,(H2,27,29,30). The van der Waals surface area contributed by atoms with Crippen molar-refractivity contribution >= 4 is 40.7 Å². The molecule has 0 bridgehead atoms. The number of anilines is 1. The minimum atomic E-state index is -0.471. The summed E-state index contributed by atoms with van der Waals surface area (Å²) in [4.78, 5) is 37.6. The average Bonchev–Trinajstić information content (AvgIpc) is 3.41. The van der Waals surface area contributed by atoms with Gasteiger partial charge in [0.1, 0.15) is 5.52 Å². The van der Waals surface area contributed by atoms with Gasteiger partial charge in [0.25, 0.3) is 0 Å².